The van der Waals surface area contributed by atoms with E-state index < -0.39 is 0 Å². The predicted octanol–water partition coefficient (Wildman–Crippen LogP) is 3.38. The van der Waals surface area contributed by atoms with Gasteiger partial charge in [-0.3, -0.25) is 13.9 Å². The van der Waals surface area contributed by atoms with Crippen LogP contribution in [0.5, 0.6) is 0 Å². The molecule has 0 spiro atoms. The molecule has 0 fully saturated rings. The van der Waals surface area contributed by atoms with Gasteiger partial charge in [-0.05, 0) is 30.5 Å². The third-order valence-electron chi connectivity index (χ3n) is 5.11. The summed E-state index contributed by atoms with van der Waals surface area (Å²) in [5.41, 5.74) is 2.02. The summed E-state index contributed by atoms with van der Waals surface area (Å²) in [7, 11) is 0. The summed E-state index contributed by atoms with van der Waals surface area (Å²) in [6.45, 7) is 5.50. The van der Waals surface area contributed by atoms with Crippen molar-refractivity contribution in [3.63, 3.8) is 0 Å². The molecular weight excluding hydrogens is 392 g/mol. The number of anilines is 1. The summed E-state index contributed by atoms with van der Waals surface area (Å²) in [6, 6.07) is 13.9. The maximum absolute atomic E-state index is 12.9. The minimum atomic E-state index is -0.331. The Bertz CT molecular complexity index is 1290. The summed E-state index contributed by atoms with van der Waals surface area (Å²) < 4.78 is 2.87. The Labute approximate surface area is 179 Å². The van der Waals surface area contributed by atoms with E-state index in [0.29, 0.717) is 43.0 Å². The highest BCUT2D eigenvalue weighted by Gasteiger charge is 2.17. The third kappa shape index (κ3) is 4.14. The number of nitrogens with one attached hydrogen (secondary N) is 2. The first kappa shape index (κ1) is 20.6. The van der Waals surface area contributed by atoms with E-state index in [4.69, 9.17) is 0 Å². The van der Waals surface area contributed by atoms with Crippen LogP contribution in [0, 0.1) is 0 Å². The molecule has 4 rings (SSSR count). The number of imidazole rings is 1. The lowest BCUT2D eigenvalue weighted by molar-refractivity contribution is 0.555. The van der Waals surface area contributed by atoms with Crippen molar-refractivity contribution >= 4 is 17.0 Å². The Balaban J connectivity index is 1.66. The number of hydrogen-bond acceptors (Lipinski definition) is 5. The molecule has 3 aromatic heterocycles. The van der Waals surface area contributed by atoms with Crippen LogP contribution in [-0.4, -0.2) is 24.1 Å². The second-order valence-corrected chi connectivity index (χ2v) is 7.45. The molecule has 8 nitrogen and oxygen atoms in total. The summed E-state index contributed by atoms with van der Waals surface area (Å²) in [6.07, 6.45) is 3.18. The van der Waals surface area contributed by atoms with E-state index in [-0.39, 0.29) is 11.2 Å². The van der Waals surface area contributed by atoms with E-state index in [1.807, 2.05) is 44.2 Å². The fourth-order valence-corrected chi connectivity index (χ4v) is 3.58. The first-order valence-electron chi connectivity index (χ1n) is 10.6. The van der Waals surface area contributed by atoms with Gasteiger partial charge in [0.2, 0.25) is 0 Å². The molecule has 0 aliphatic rings. The highest BCUT2D eigenvalue weighted by Crippen LogP contribution is 2.19. The van der Waals surface area contributed by atoms with Crippen molar-refractivity contribution in [1.82, 2.24) is 24.1 Å². The van der Waals surface area contributed by atoms with Crippen LogP contribution in [0.1, 0.15) is 32.3 Å². The van der Waals surface area contributed by atoms with E-state index in [1.54, 1.807) is 10.8 Å². The molecular formula is C23H26N6O2. The number of fused-ring (bicyclic) bond motifs is 1. The van der Waals surface area contributed by atoms with E-state index >= 15 is 0 Å². The summed E-state index contributed by atoms with van der Waals surface area (Å²) in [5, 5.41) is 3.29. The molecule has 8 heteroatoms. The van der Waals surface area contributed by atoms with Crippen LogP contribution in [0.2, 0.25) is 0 Å². The lowest BCUT2D eigenvalue weighted by Crippen LogP contribution is -2.40. The number of H-pyrrole nitrogens is 1. The van der Waals surface area contributed by atoms with Crippen molar-refractivity contribution in [3.05, 3.63) is 75.1 Å². The van der Waals surface area contributed by atoms with Gasteiger partial charge in [-0.1, -0.05) is 44.2 Å². The van der Waals surface area contributed by atoms with Crippen LogP contribution < -0.4 is 16.6 Å². The van der Waals surface area contributed by atoms with Gasteiger partial charge in [0.05, 0.1) is 0 Å². The lowest BCUT2D eigenvalue weighted by Gasteiger charge is -2.09. The van der Waals surface area contributed by atoms with Crippen LogP contribution in [-0.2, 0) is 19.6 Å². The number of aromatic amines is 1. The highest BCUT2D eigenvalue weighted by molar-refractivity contribution is 5.75. The van der Waals surface area contributed by atoms with E-state index in [0.717, 1.165) is 17.8 Å². The summed E-state index contributed by atoms with van der Waals surface area (Å²) >= 11 is 0. The van der Waals surface area contributed by atoms with Gasteiger partial charge in [0, 0.05) is 31.4 Å². The second kappa shape index (κ2) is 8.99. The Morgan fingerprint density at radius 3 is 2.39 bits per heavy atom. The number of rotatable bonds is 8. The third-order valence-corrected chi connectivity index (χ3v) is 5.11. The number of hydrogen-bond donors (Lipinski definition) is 2. The molecule has 0 radical (unpaired) electrons. The Kier molecular flexibility index (Phi) is 5.97. The van der Waals surface area contributed by atoms with Crippen molar-refractivity contribution in [2.24, 2.45) is 0 Å². The van der Waals surface area contributed by atoms with Gasteiger partial charge >= 0.3 is 5.69 Å². The fourth-order valence-electron chi connectivity index (χ4n) is 3.58. The quantitative estimate of drug-likeness (QED) is 0.457. The fraction of sp³-hybridized carbons (Fsp3) is 0.304. The Morgan fingerprint density at radius 1 is 0.968 bits per heavy atom. The van der Waals surface area contributed by atoms with Gasteiger partial charge in [0.1, 0.15) is 17.2 Å². The van der Waals surface area contributed by atoms with Gasteiger partial charge < -0.3 is 10.3 Å². The zero-order valence-corrected chi connectivity index (χ0v) is 17.8. The summed E-state index contributed by atoms with van der Waals surface area (Å²) in [5.74, 6) is 1.27. The first-order chi connectivity index (χ1) is 15.1. The standard InChI is InChI=1S/C23H26N6O2/c1-3-12-28-21-19(22(30)29(13-4-2)23(28)31)26-20(27-21)17-10-11-18(25-15-17)24-14-16-8-6-5-7-9-16/h5-11,15H,3-4,12-14H2,1-2H3,(H,24,25)(H,26,27). The maximum Gasteiger partial charge on any atom is 0.332 e. The maximum atomic E-state index is 12.9. The minimum absolute atomic E-state index is 0.308. The highest BCUT2D eigenvalue weighted by atomic mass is 16.2. The van der Waals surface area contributed by atoms with Crippen LogP contribution in [0.3, 0.4) is 0 Å². The zero-order valence-electron chi connectivity index (χ0n) is 17.8. The number of pyridine rings is 1. The molecule has 0 bridgehead atoms. The minimum Gasteiger partial charge on any atom is -0.366 e. The number of benzene rings is 1. The SMILES string of the molecule is CCCn1c(=O)c2[nH]c(-c3ccc(NCc4ccccc4)nc3)nc2n(CCC)c1=O. The van der Waals surface area contributed by atoms with Gasteiger partial charge in [0.15, 0.2) is 5.65 Å². The molecule has 0 aliphatic carbocycles. The topological polar surface area (TPSA) is 97.6 Å². The number of aryl methyl sites for hydroxylation is 1. The van der Waals surface area contributed by atoms with Gasteiger partial charge in [-0.2, -0.15) is 0 Å². The predicted molar refractivity (Wildman–Crippen MR) is 122 cm³/mol. The van der Waals surface area contributed by atoms with Gasteiger partial charge in [-0.15, -0.1) is 0 Å². The molecule has 2 N–H and O–H groups in total. The molecule has 0 aliphatic heterocycles. The average Bonchev–Trinajstić information content (AvgIpc) is 3.25. The molecule has 160 valence electrons. The van der Waals surface area contributed by atoms with Crippen LogP contribution in [0.4, 0.5) is 5.82 Å². The van der Waals surface area contributed by atoms with Crippen molar-refractivity contribution in [2.45, 2.75) is 46.3 Å². The van der Waals surface area contributed by atoms with Crippen molar-refractivity contribution < 1.29 is 0 Å². The van der Waals surface area contributed by atoms with Gasteiger partial charge in [-0.25, -0.2) is 14.8 Å². The first-order valence-corrected chi connectivity index (χ1v) is 10.6. The monoisotopic (exact) mass is 418 g/mol. The van der Waals surface area contributed by atoms with E-state index in [9.17, 15) is 9.59 Å². The molecule has 4 aromatic rings. The number of nitrogens with zero attached hydrogens (tertiary/aromatic N) is 4. The average molecular weight is 419 g/mol. The van der Waals surface area contributed by atoms with Crippen LogP contribution in [0.25, 0.3) is 22.6 Å². The molecule has 0 unspecified atom stereocenters. The van der Waals surface area contributed by atoms with Gasteiger partial charge in [0.25, 0.3) is 5.56 Å². The molecule has 0 atom stereocenters. The molecule has 3 heterocycles. The van der Waals surface area contributed by atoms with Crippen molar-refractivity contribution in [1.29, 1.82) is 0 Å². The number of aromatic nitrogens is 5. The molecule has 0 saturated carbocycles. The molecule has 31 heavy (non-hydrogen) atoms. The smallest absolute Gasteiger partial charge is 0.332 e. The van der Waals surface area contributed by atoms with Crippen LogP contribution >= 0.6 is 0 Å². The van der Waals surface area contributed by atoms with Crippen LogP contribution in [0.15, 0.2) is 58.3 Å². The Hall–Kier alpha value is -3.68. The zero-order chi connectivity index (χ0) is 21.8. The van der Waals surface area contributed by atoms with E-state index in [2.05, 4.69) is 32.4 Å². The molecule has 1 aromatic carbocycles. The lowest BCUT2D eigenvalue weighted by atomic mass is 10.2. The normalized spacial score (nSPS) is 11.2. The van der Waals surface area contributed by atoms with Crippen molar-refractivity contribution in [3.8, 4) is 11.4 Å². The molecule has 0 amide bonds. The largest absolute Gasteiger partial charge is 0.366 e. The Morgan fingerprint density at radius 2 is 1.71 bits per heavy atom. The second-order valence-electron chi connectivity index (χ2n) is 7.45. The van der Waals surface area contributed by atoms with Crippen molar-refractivity contribution in [2.75, 3.05) is 5.32 Å². The summed E-state index contributed by atoms with van der Waals surface area (Å²) in [4.78, 5) is 37.8. The molecule has 0 saturated heterocycles. The van der Waals surface area contributed by atoms with E-state index in [1.165, 1.54) is 10.1 Å².